The second kappa shape index (κ2) is 5.59. The summed E-state index contributed by atoms with van der Waals surface area (Å²) in [7, 11) is 0. The van der Waals surface area contributed by atoms with Crippen molar-refractivity contribution >= 4 is 33.1 Å². The van der Waals surface area contributed by atoms with E-state index in [0.717, 1.165) is 21.8 Å². The van der Waals surface area contributed by atoms with Crippen LogP contribution in [0.15, 0.2) is 71.7 Å². The number of rotatable bonds is 0. The number of thiophene rings is 1. The zero-order valence-corrected chi connectivity index (χ0v) is 11.0. The third kappa shape index (κ3) is 2.61. The van der Waals surface area contributed by atoms with Crippen LogP contribution in [0.4, 0.5) is 0 Å². The van der Waals surface area contributed by atoms with E-state index in [-0.39, 0.29) is 0 Å². The maximum Gasteiger partial charge on any atom is 0.0964 e. The molecule has 0 aliphatic carbocycles. The van der Waals surface area contributed by atoms with Crippen molar-refractivity contribution < 1.29 is 0 Å². The van der Waals surface area contributed by atoms with Crippen molar-refractivity contribution in [3.8, 4) is 0 Å². The Morgan fingerprint density at radius 3 is 1.58 bits per heavy atom. The van der Waals surface area contributed by atoms with Gasteiger partial charge in [-0.2, -0.15) is 11.3 Å². The van der Waals surface area contributed by atoms with Crippen molar-refractivity contribution in [2.75, 3.05) is 0 Å². The highest BCUT2D eigenvalue weighted by atomic mass is 32.1. The maximum absolute atomic E-state index is 4.35. The van der Waals surface area contributed by atoms with Gasteiger partial charge < -0.3 is 0 Å². The van der Waals surface area contributed by atoms with Gasteiger partial charge in [0.1, 0.15) is 0 Å². The first-order valence-electron chi connectivity index (χ1n) is 6.01. The molecule has 3 heteroatoms. The SMILES string of the molecule is c1ccsc1.c1cnc2c(c1)ccc1cccnc12. The van der Waals surface area contributed by atoms with Crippen molar-refractivity contribution in [1.29, 1.82) is 0 Å². The first-order valence-corrected chi connectivity index (χ1v) is 6.95. The van der Waals surface area contributed by atoms with E-state index in [0.29, 0.717) is 0 Å². The maximum atomic E-state index is 4.35. The standard InChI is InChI=1S/C12H8N2.C4H4S/c1-3-9-5-6-10-4-2-8-14-12(10)11(9)13-7-1;1-2-4-5-3-1/h1-8H;1-4H. The topological polar surface area (TPSA) is 25.8 Å². The van der Waals surface area contributed by atoms with Gasteiger partial charge in [-0.05, 0) is 22.9 Å². The molecule has 2 nitrogen and oxygen atoms in total. The number of fused-ring (bicyclic) bond motifs is 3. The van der Waals surface area contributed by atoms with E-state index in [2.05, 4.69) is 34.2 Å². The molecule has 0 amide bonds. The van der Waals surface area contributed by atoms with E-state index in [1.54, 1.807) is 23.7 Å². The molecule has 0 aliphatic rings. The average molecular weight is 264 g/mol. The van der Waals surface area contributed by atoms with Crippen molar-refractivity contribution in [2.45, 2.75) is 0 Å². The van der Waals surface area contributed by atoms with Crippen molar-refractivity contribution in [1.82, 2.24) is 9.97 Å². The second-order valence-electron chi connectivity index (χ2n) is 4.01. The van der Waals surface area contributed by atoms with Crippen LogP contribution < -0.4 is 0 Å². The Morgan fingerprint density at radius 2 is 1.16 bits per heavy atom. The minimum Gasteiger partial charge on any atom is -0.254 e. The summed E-state index contributed by atoms with van der Waals surface area (Å²) in [6.07, 6.45) is 3.60. The molecule has 3 aromatic heterocycles. The Morgan fingerprint density at radius 1 is 0.632 bits per heavy atom. The smallest absolute Gasteiger partial charge is 0.0964 e. The third-order valence-electron chi connectivity index (χ3n) is 2.77. The lowest BCUT2D eigenvalue weighted by atomic mass is 10.1. The lowest BCUT2D eigenvalue weighted by molar-refractivity contribution is 1.37. The van der Waals surface area contributed by atoms with Crippen LogP contribution in [0, 0.1) is 0 Å². The van der Waals surface area contributed by atoms with E-state index < -0.39 is 0 Å². The van der Waals surface area contributed by atoms with Gasteiger partial charge in [0, 0.05) is 23.2 Å². The zero-order chi connectivity index (χ0) is 12.9. The largest absolute Gasteiger partial charge is 0.254 e. The summed E-state index contributed by atoms with van der Waals surface area (Å²) >= 11 is 1.71. The predicted octanol–water partition coefficient (Wildman–Crippen LogP) is 4.53. The molecule has 19 heavy (non-hydrogen) atoms. The normalized spacial score (nSPS) is 10.1. The molecule has 0 atom stereocenters. The molecule has 0 saturated carbocycles. The number of pyridine rings is 2. The van der Waals surface area contributed by atoms with E-state index in [4.69, 9.17) is 0 Å². The molecule has 0 radical (unpaired) electrons. The molecular formula is C16H12N2S. The lowest BCUT2D eigenvalue weighted by Crippen LogP contribution is -1.83. The predicted molar refractivity (Wildman–Crippen MR) is 81.4 cm³/mol. The van der Waals surface area contributed by atoms with Crippen molar-refractivity contribution in [3.63, 3.8) is 0 Å². The molecule has 1 aromatic carbocycles. The summed E-state index contributed by atoms with van der Waals surface area (Å²) in [6.45, 7) is 0. The molecule has 0 unspecified atom stereocenters. The molecular weight excluding hydrogens is 252 g/mol. The fourth-order valence-corrected chi connectivity index (χ4v) is 2.36. The van der Waals surface area contributed by atoms with Crippen molar-refractivity contribution in [2.24, 2.45) is 0 Å². The Labute approximate surface area is 115 Å². The van der Waals surface area contributed by atoms with Crippen LogP contribution in [0.2, 0.25) is 0 Å². The Bertz CT molecular complexity index is 707. The molecule has 0 saturated heterocycles. The number of nitrogens with zero attached hydrogens (tertiary/aromatic N) is 2. The second-order valence-corrected chi connectivity index (χ2v) is 4.83. The van der Waals surface area contributed by atoms with Crippen LogP contribution in [0.5, 0.6) is 0 Å². The summed E-state index contributed by atoms with van der Waals surface area (Å²) in [5.74, 6) is 0. The van der Waals surface area contributed by atoms with Crippen LogP contribution in [-0.4, -0.2) is 9.97 Å². The molecule has 0 spiro atoms. The quantitative estimate of drug-likeness (QED) is 0.436. The number of benzene rings is 1. The third-order valence-corrected chi connectivity index (χ3v) is 3.40. The van der Waals surface area contributed by atoms with Gasteiger partial charge in [-0.3, -0.25) is 9.97 Å². The first kappa shape index (κ1) is 11.8. The van der Waals surface area contributed by atoms with E-state index >= 15 is 0 Å². The average Bonchev–Trinajstić information content (AvgIpc) is 3.07. The highest BCUT2D eigenvalue weighted by Gasteiger charge is 2.00. The van der Waals surface area contributed by atoms with Gasteiger partial charge in [0.15, 0.2) is 0 Å². The lowest BCUT2D eigenvalue weighted by Gasteiger charge is -2.00. The first-order chi connectivity index (χ1) is 9.45. The summed E-state index contributed by atoms with van der Waals surface area (Å²) in [6, 6.07) is 16.2. The van der Waals surface area contributed by atoms with Crippen LogP contribution in [0.25, 0.3) is 21.8 Å². The minimum atomic E-state index is 0.977. The Balaban J connectivity index is 0.000000187. The molecule has 0 bridgehead atoms. The summed E-state index contributed by atoms with van der Waals surface area (Å²) < 4.78 is 0. The van der Waals surface area contributed by atoms with Crippen LogP contribution in [-0.2, 0) is 0 Å². The van der Waals surface area contributed by atoms with Gasteiger partial charge in [0.25, 0.3) is 0 Å². The van der Waals surface area contributed by atoms with Gasteiger partial charge in [-0.15, -0.1) is 0 Å². The molecule has 0 fully saturated rings. The van der Waals surface area contributed by atoms with Gasteiger partial charge in [0.05, 0.1) is 11.0 Å². The van der Waals surface area contributed by atoms with Gasteiger partial charge in [-0.1, -0.05) is 36.4 Å². The number of hydrogen-bond acceptors (Lipinski definition) is 3. The highest BCUT2D eigenvalue weighted by Crippen LogP contribution is 2.20. The number of aromatic nitrogens is 2. The molecule has 3 heterocycles. The van der Waals surface area contributed by atoms with Crippen LogP contribution in [0.3, 0.4) is 0 Å². The van der Waals surface area contributed by atoms with Gasteiger partial charge >= 0.3 is 0 Å². The highest BCUT2D eigenvalue weighted by molar-refractivity contribution is 7.07. The minimum absolute atomic E-state index is 0.977. The number of hydrogen-bond donors (Lipinski definition) is 0. The van der Waals surface area contributed by atoms with Crippen molar-refractivity contribution in [3.05, 3.63) is 71.7 Å². The van der Waals surface area contributed by atoms with E-state index in [1.807, 2.05) is 35.0 Å². The zero-order valence-electron chi connectivity index (χ0n) is 10.2. The Hall–Kier alpha value is -2.26. The monoisotopic (exact) mass is 264 g/mol. The van der Waals surface area contributed by atoms with Gasteiger partial charge in [-0.25, -0.2) is 0 Å². The molecule has 92 valence electrons. The fraction of sp³-hybridized carbons (Fsp3) is 0. The fourth-order valence-electron chi connectivity index (χ4n) is 1.91. The molecule has 4 rings (SSSR count). The molecule has 0 aliphatic heterocycles. The van der Waals surface area contributed by atoms with Crippen LogP contribution >= 0.6 is 11.3 Å². The van der Waals surface area contributed by atoms with E-state index in [1.165, 1.54) is 0 Å². The summed E-state index contributed by atoms with van der Waals surface area (Å²) in [5, 5.41) is 6.36. The van der Waals surface area contributed by atoms with E-state index in [9.17, 15) is 0 Å². The van der Waals surface area contributed by atoms with Gasteiger partial charge in [0.2, 0.25) is 0 Å². The van der Waals surface area contributed by atoms with Crippen LogP contribution in [0.1, 0.15) is 0 Å². The summed E-state index contributed by atoms with van der Waals surface area (Å²) in [5.41, 5.74) is 1.95. The molecule has 4 aromatic rings. The summed E-state index contributed by atoms with van der Waals surface area (Å²) in [4.78, 5) is 8.69. The Kier molecular flexibility index (Phi) is 3.47. The molecule has 0 N–H and O–H groups in total.